The predicted octanol–water partition coefficient (Wildman–Crippen LogP) is 3.28. The van der Waals surface area contributed by atoms with Gasteiger partial charge in [0.05, 0.1) is 10.7 Å². The molecule has 0 aliphatic heterocycles. The molecule has 4 nitrogen and oxygen atoms in total. The van der Waals surface area contributed by atoms with Gasteiger partial charge in [-0.2, -0.15) is 0 Å². The Labute approximate surface area is 127 Å². The minimum Gasteiger partial charge on any atom is -0.269 e. The van der Waals surface area contributed by atoms with Gasteiger partial charge in [-0.1, -0.05) is 11.6 Å². The summed E-state index contributed by atoms with van der Waals surface area (Å²) in [6.45, 7) is 0. The van der Waals surface area contributed by atoms with E-state index >= 15 is 0 Å². The van der Waals surface area contributed by atoms with Gasteiger partial charge >= 0.3 is 0 Å². The van der Waals surface area contributed by atoms with Gasteiger partial charge in [-0.3, -0.25) is 9.29 Å². The average Bonchev–Trinajstić information content (AvgIpc) is 2.46. The molecule has 0 fully saturated rings. The topological polar surface area (TPSA) is 50.3 Å². The number of pyridine rings is 1. The Hall–Kier alpha value is -1.24. The van der Waals surface area contributed by atoms with Crippen LogP contribution in [-0.2, 0) is 10.0 Å². The van der Waals surface area contributed by atoms with E-state index < -0.39 is 10.0 Å². The third-order valence-electron chi connectivity index (χ3n) is 2.77. The van der Waals surface area contributed by atoms with Crippen molar-refractivity contribution in [3.63, 3.8) is 0 Å². The molecule has 2 rings (SSSR count). The first kappa shape index (κ1) is 15.2. The molecule has 0 spiro atoms. The van der Waals surface area contributed by atoms with Gasteiger partial charge in [-0.05, 0) is 36.6 Å². The van der Waals surface area contributed by atoms with E-state index in [1.165, 1.54) is 29.8 Å². The van der Waals surface area contributed by atoms with Gasteiger partial charge in [0.1, 0.15) is 4.90 Å². The molecule has 0 unspecified atom stereocenters. The van der Waals surface area contributed by atoms with Gasteiger partial charge in [0.2, 0.25) is 0 Å². The molecule has 20 heavy (non-hydrogen) atoms. The number of nitrogens with zero attached hydrogens (tertiary/aromatic N) is 2. The molecule has 7 heteroatoms. The summed E-state index contributed by atoms with van der Waals surface area (Å²) in [4.78, 5) is 4.96. The van der Waals surface area contributed by atoms with Crippen LogP contribution in [0, 0.1) is 0 Å². The maximum Gasteiger partial charge on any atom is 0.265 e. The Bertz CT molecular complexity index is 703. The molecule has 0 radical (unpaired) electrons. The van der Waals surface area contributed by atoms with E-state index in [0.717, 1.165) is 4.90 Å². The van der Waals surface area contributed by atoms with Crippen LogP contribution in [0.15, 0.2) is 52.5 Å². The fourth-order valence-corrected chi connectivity index (χ4v) is 3.45. The Morgan fingerprint density at radius 3 is 2.40 bits per heavy atom. The SMILES string of the molecule is CSc1ccc(N(C)S(=O)(=O)c2cncc(Cl)c2)cc1. The van der Waals surface area contributed by atoms with E-state index in [4.69, 9.17) is 11.6 Å². The van der Waals surface area contributed by atoms with Crippen LogP contribution in [0.4, 0.5) is 5.69 Å². The zero-order valence-corrected chi connectivity index (χ0v) is 13.3. The maximum absolute atomic E-state index is 12.5. The molecule has 0 aliphatic rings. The zero-order valence-electron chi connectivity index (χ0n) is 10.9. The van der Waals surface area contributed by atoms with E-state index in [2.05, 4.69) is 4.98 Å². The van der Waals surface area contributed by atoms with Gasteiger partial charge in [-0.25, -0.2) is 8.42 Å². The Morgan fingerprint density at radius 2 is 1.85 bits per heavy atom. The van der Waals surface area contributed by atoms with Crippen molar-refractivity contribution in [1.29, 1.82) is 0 Å². The fraction of sp³-hybridized carbons (Fsp3) is 0.154. The minimum absolute atomic E-state index is 0.0708. The Kier molecular flexibility index (Phi) is 4.57. The highest BCUT2D eigenvalue weighted by molar-refractivity contribution is 7.98. The number of aromatic nitrogens is 1. The number of benzene rings is 1. The van der Waals surface area contributed by atoms with Crippen LogP contribution in [0.25, 0.3) is 0 Å². The summed E-state index contributed by atoms with van der Waals surface area (Å²) in [5, 5.41) is 0.289. The van der Waals surface area contributed by atoms with E-state index in [1.807, 2.05) is 18.4 Å². The molecule has 2 aromatic rings. The zero-order chi connectivity index (χ0) is 14.8. The van der Waals surface area contributed by atoms with Gasteiger partial charge in [0.25, 0.3) is 10.0 Å². The second kappa shape index (κ2) is 6.03. The molecule has 0 amide bonds. The summed E-state index contributed by atoms with van der Waals surface area (Å²) in [7, 11) is -2.15. The number of hydrogen-bond acceptors (Lipinski definition) is 4. The lowest BCUT2D eigenvalue weighted by Gasteiger charge is -2.19. The highest BCUT2D eigenvalue weighted by Crippen LogP contribution is 2.25. The molecule has 0 atom stereocenters. The van der Waals surface area contributed by atoms with E-state index in [-0.39, 0.29) is 9.92 Å². The van der Waals surface area contributed by atoms with E-state index in [1.54, 1.807) is 23.9 Å². The second-order valence-electron chi connectivity index (χ2n) is 4.01. The number of halogens is 1. The standard InChI is InChI=1S/C13H13ClN2O2S2/c1-16(11-3-5-12(19-2)6-4-11)20(17,18)13-7-10(14)8-15-9-13/h3-9H,1-2H3. The van der Waals surface area contributed by atoms with Crippen LogP contribution in [0.2, 0.25) is 5.02 Å². The van der Waals surface area contributed by atoms with Crippen molar-refractivity contribution in [1.82, 2.24) is 4.98 Å². The van der Waals surface area contributed by atoms with E-state index in [0.29, 0.717) is 5.69 Å². The fourth-order valence-electron chi connectivity index (χ4n) is 1.62. The summed E-state index contributed by atoms with van der Waals surface area (Å²) >= 11 is 7.39. The van der Waals surface area contributed by atoms with Gasteiger partial charge < -0.3 is 0 Å². The lowest BCUT2D eigenvalue weighted by molar-refractivity contribution is 0.594. The summed E-state index contributed by atoms with van der Waals surface area (Å²) in [5.41, 5.74) is 0.586. The predicted molar refractivity (Wildman–Crippen MR) is 83.1 cm³/mol. The average molecular weight is 329 g/mol. The smallest absolute Gasteiger partial charge is 0.265 e. The van der Waals surface area contributed by atoms with Crippen LogP contribution in [-0.4, -0.2) is 26.7 Å². The van der Waals surface area contributed by atoms with Crippen LogP contribution in [0.1, 0.15) is 0 Å². The number of thioether (sulfide) groups is 1. The lowest BCUT2D eigenvalue weighted by Crippen LogP contribution is -2.26. The lowest BCUT2D eigenvalue weighted by atomic mass is 10.3. The molecular weight excluding hydrogens is 316 g/mol. The van der Waals surface area contributed by atoms with Crippen LogP contribution >= 0.6 is 23.4 Å². The van der Waals surface area contributed by atoms with Gasteiger partial charge in [0, 0.05) is 24.3 Å². The summed E-state index contributed by atoms with van der Waals surface area (Å²) in [5.74, 6) is 0. The van der Waals surface area contributed by atoms with Gasteiger partial charge in [0.15, 0.2) is 0 Å². The van der Waals surface area contributed by atoms with Crippen LogP contribution in [0.5, 0.6) is 0 Å². The largest absolute Gasteiger partial charge is 0.269 e. The summed E-state index contributed by atoms with van der Waals surface area (Å²) in [6, 6.07) is 8.67. The minimum atomic E-state index is -3.65. The Morgan fingerprint density at radius 1 is 1.20 bits per heavy atom. The van der Waals surface area contributed by atoms with Crippen molar-refractivity contribution in [3.8, 4) is 0 Å². The number of rotatable bonds is 4. The van der Waals surface area contributed by atoms with Crippen molar-refractivity contribution in [2.45, 2.75) is 9.79 Å². The summed E-state index contributed by atoms with van der Waals surface area (Å²) in [6.07, 6.45) is 4.65. The van der Waals surface area contributed by atoms with Crippen molar-refractivity contribution < 1.29 is 8.42 Å². The Balaban J connectivity index is 2.37. The third-order valence-corrected chi connectivity index (χ3v) is 5.48. The molecular formula is C13H13ClN2O2S2. The monoisotopic (exact) mass is 328 g/mol. The molecule has 0 saturated heterocycles. The first-order valence-electron chi connectivity index (χ1n) is 5.68. The van der Waals surface area contributed by atoms with Gasteiger partial charge in [-0.15, -0.1) is 11.8 Å². The highest BCUT2D eigenvalue weighted by Gasteiger charge is 2.21. The molecule has 1 heterocycles. The van der Waals surface area contributed by atoms with Crippen molar-refractivity contribution in [2.24, 2.45) is 0 Å². The highest BCUT2D eigenvalue weighted by atomic mass is 35.5. The molecule has 1 aromatic heterocycles. The summed E-state index contributed by atoms with van der Waals surface area (Å²) < 4.78 is 26.1. The molecule has 106 valence electrons. The van der Waals surface area contributed by atoms with Crippen molar-refractivity contribution >= 4 is 39.1 Å². The van der Waals surface area contributed by atoms with E-state index in [9.17, 15) is 8.42 Å². The first-order chi connectivity index (χ1) is 9.45. The maximum atomic E-state index is 12.5. The number of hydrogen-bond donors (Lipinski definition) is 0. The molecule has 0 aliphatic carbocycles. The normalized spacial score (nSPS) is 11.3. The first-order valence-corrected chi connectivity index (χ1v) is 8.73. The molecule has 0 bridgehead atoms. The quantitative estimate of drug-likeness (QED) is 0.808. The van der Waals surface area contributed by atoms with Crippen LogP contribution < -0.4 is 4.31 Å². The number of sulfonamides is 1. The van der Waals surface area contributed by atoms with Crippen LogP contribution in [0.3, 0.4) is 0 Å². The van der Waals surface area contributed by atoms with Crippen molar-refractivity contribution in [3.05, 3.63) is 47.7 Å². The molecule has 0 N–H and O–H groups in total. The molecule has 1 aromatic carbocycles. The number of anilines is 1. The third kappa shape index (κ3) is 3.08. The second-order valence-corrected chi connectivity index (χ2v) is 7.29. The van der Waals surface area contributed by atoms with Crippen molar-refractivity contribution in [2.75, 3.05) is 17.6 Å². The molecule has 0 saturated carbocycles.